The molecule has 1 amide bonds. The lowest BCUT2D eigenvalue weighted by Crippen LogP contribution is -2.35. The largest absolute Gasteiger partial charge is 0.443 e. The van der Waals surface area contributed by atoms with E-state index in [1.54, 1.807) is 11.1 Å². The Balaban J connectivity index is 2.60. The molecule has 1 aliphatic heterocycles. The highest BCUT2D eigenvalue weighted by Crippen LogP contribution is 2.20. The third kappa shape index (κ3) is 4.27. The first-order chi connectivity index (χ1) is 6.92. The van der Waals surface area contributed by atoms with Gasteiger partial charge in [0.2, 0.25) is 0 Å². The van der Waals surface area contributed by atoms with E-state index in [1.807, 2.05) is 43.8 Å². The minimum Gasteiger partial charge on any atom is -0.443 e. The van der Waals surface area contributed by atoms with Gasteiger partial charge in [-0.1, -0.05) is 0 Å². The maximum absolute atomic E-state index is 11.7. The summed E-state index contributed by atoms with van der Waals surface area (Å²) in [6, 6.07) is 0. The normalized spacial score (nSPS) is 17.1. The van der Waals surface area contributed by atoms with Crippen LogP contribution in [-0.4, -0.2) is 23.1 Å². The molecule has 0 aromatic carbocycles. The second kappa shape index (κ2) is 5.05. The number of hydrogen-bond donors (Lipinski definition) is 0. The summed E-state index contributed by atoms with van der Waals surface area (Å²) in [5.41, 5.74) is -0.451. The van der Waals surface area contributed by atoms with Crippen LogP contribution in [0.2, 0.25) is 0 Å². The lowest BCUT2D eigenvalue weighted by molar-refractivity contribution is 0.0318. The molecule has 5 heteroatoms. The Bertz CT molecular complexity index is 270. The Morgan fingerprint density at radius 1 is 1.53 bits per heavy atom. The minimum atomic E-state index is -0.451. The van der Waals surface area contributed by atoms with Crippen molar-refractivity contribution in [2.24, 2.45) is 0 Å². The monoisotopic (exact) mass is 325 g/mol. The number of ether oxygens (including phenoxy) is 1. The van der Waals surface area contributed by atoms with Crippen molar-refractivity contribution < 1.29 is 12.6 Å². The molecule has 0 saturated carbocycles. The molecule has 0 atom stereocenters. The predicted molar refractivity (Wildman–Crippen MR) is 65.4 cm³/mol. The highest BCUT2D eigenvalue weighted by atomic mass is 127. The SMILES string of the molecule is CC(C)(C)OC(=O)N1C=C(OI)CCC1. The van der Waals surface area contributed by atoms with Gasteiger partial charge in [0.1, 0.15) is 11.4 Å². The van der Waals surface area contributed by atoms with Crippen molar-refractivity contribution in [1.82, 2.24) is 4.90 Å². The number of carbonyl (C=O) groups excluding carboxylic acids is 1. The topological polar surface area (TPSA) is 38.8 Å². The summed E-state index contributed by atoms with van der Waals surface area (Å²) in [7, 11) is 0. The van der Waals surface area contributed by atoms with Crippen molar-refractivity contribution in [3.8, 4) is 0 Å². The molecule has 86 valence electrons. The van der Waals surface area contributed by atoms with Crippen molar-refractivity contribution in [2.75, 3.05) is 6.54 Å². The highest BCUT2D eigenvalue weighted by Gasteiger charge is 2.23. The molecular weight excluding hydrogens is 309 g/mol. The Morgan fingerprint density at radius 2 is 2.20 bits per heavy atom. The number of rotatable bonds is 1. The third-order valence-electron chi connectivity index (χ3n) is 1.85. The third-order valence-corrected chi connectivity index (χ3v) is 2.41. The van der Waals surface area contributed by atoms with Crippen molar-refractivity contribution in [2.45, 2.75) is 39.2 Å². The highest BCUT2D eigenvalue weighted by molar-refractivity contribution is 14.1. The van der Waals surface area contributed by atoms with E-state index in [0.29, 0.717) is 6.54 Å². The first-order valence-corrected chi connectivity index (χ1v) is 5.79. The molecular formula is C10H16INO3. The van der Waals surface area contributed by atoms with E-state index in [4.69, 9.17) is 7.80 Å². The summed E-state index contributed by atoms with van der Waals surface area (Å²) in [6.45, 7) is 6.26. The number of carbonyl (C=O) groups is 1. The van der Waals surface area contributed by atoms with Crippen molar-refractivity contribution >= 4 is 29.1 Å². The van der Waals surface area contributed by atoms with Crippen LogP contribution >= 0.6 is 23.0 Å². The van der Waals surface area contributed by atoms with Gasteiger partial charge < -0.3 is 7.80 Å². The molecule has 1 rings (SSSR count). The standard InChI is InChI=1S/C10H16INO3/c1-10(2,3)14-9(13)12-6-4-5-8(7-12)15-11/h7H,4-6H2,1-3H3. The maximum Gasteiger partial charge on any atom is 0.414 e. The summed E-state index contributed by atoms with van der Waals surface area (Å²) in [6.07, 6.45) is 3.19. The van der Waals surface area contributed by atoms with Gasteiger partial charge in [-0.3, -0.25) is 4.90 Å². The first-order valence-electron chi connectivity index (χ1n) is 4.91. The van der Waals surface area contributed by atoms with Crippen molar-refractivity contribution in [3.05, 3.63) is 12.0 Å². The van der Waals surface area contributed by atoms with E-state index < -0.39 is 5.60 Å². The van der Waals surface area contributed by atoms with Crippen LogP contribution in [0.15, 0.2) is 12.0 Å². The fraction of sp³-hybridized carbons (Fsp3) is 0.700. The van der Waals surface area contributed by atoms with E-state index >= 15 is 0 Å². The van der Waals surface area contributed by atoms with Crippen LogP contribution in [-0.2, 0) is 7.80 Å². The zero-order valence-electron chi connectivity index (χ0n) is 9.25. The molecule has 0 aromatic heterocycles. The summed E-state index contributed by atoms with van der Waals surface area (Å²) in [5.74, 6) is 0.813. The number of amides is 1. The number of hydrogen-bond acceptors (Lipinski definition) is 3. The molecule has 1 heterocycles. The van der Waals surface area contributed by atoms with E-state index in [0.717, 1.165) is 18.6 Å². The lowest BCUT2D eigenvalue weighted by Gasteiger charge is -2.27. The molecule has 0 spiro atoms. The van der Waals surface area contributed by atoms with E-state index in [2.05, 4.69) is 0 Å². The average Bonchev–Trinajstić information content (AvgIpc) is 2.15. The van der Waals surface area contributed by atoms with Gasteiger partial charge in [-0.25, -0.2) is 4.79 Å². The van der Waals surface area contributed by atoms with Gasteiger partial charge in [-0.15, -0.1) is 0 Å². The molecule has 0 radical (unpaired) electrons. The van der Waals surface area contributed by atoms with Crippen LogP contribution in [0.4, 0.5) is 4.79 Å². The zero-order chi connectivity index (χ0) is 11.5. The Kier molecular flexibility index (Phi) is 4.24. The molecule has 4 nitrogen and oxygen atoms in total. The summed E-state index contributed by atoms with van der Waals surface area (Å²) >= 11 is 1.82. The van der Waals surface area contributed by atoms with Crippen LogP contribution in [0, 0.1) is 0 Å². The first kappa shape index (κ1) is 12.6. The van der Waals surface area contributed by atoms with Crippen molar-refractivity contribution in [3.63, 3.8) is 0 Å². The summed E-state index contributed by atoms with van der Waals surface area (Å²) in [4.78, 5) is 13.2. The molecule has 15 heavy (non-hydrogen) atoms. The van der Waals surface area contributed by atoms with Gasteiger partial charge in [0.25, 0.3) is 0 Å². The maximum atomic E-state index is 11.7. The molecule has 0 aromatic rings. The van der Waals surface area contributed by atoms with Gasteiger partial charge >= 0.3 is 6.09 Å². The van der Waals surface area contributed by atoms with E-state index in [9.17, 15) is 4.79 Å². The number of halogens is 1. The predicted octanol–water partition coefficient (Wildman–Crippen LogP) is 3.23. The molecule has 0 saturated heterocycles. The molecule has 0 aliphatic carbocycles. The fourth-order valence-electron chi connectivity index (χ4n) is 1.25. The summed E-state index contributed by atoms with van der Waals surface area (Å²) in [5, 5.41) is 0. The number of allylic oxidation sites excluding steroid dienone is 1. The Morgan fingerprint density at radius 3 is 2.73 bits per heavy atom. The second-order valence-electron chi connectivity index (χ2n) is 4.45. The Hall–Kier alpha value is -0.460. The molecule has 1 aliphatic rings. The average molecular weight is 325 g/mol. The molecule has 0 fully saturated rings. The van der Waals surface area contributed by atoms with Crippen LogP contribution in [0.1, 0.15) is 33.6 Å². The van der Waals surface area contributed by atoms with E-state index in [-0.39, 0.29) is 6.09 Å². The molecule has 0 N–H and O–H groups in total. The van der Waals surface area contributed by atoms with Crippen LogP contribution in [0.5, 0.6) is 0 Å². The molecule has 0 bridgehead atoms. The fourth-order valence-corrected chi connectivity index (χ4v) is 1.58. The van der Waals surface area contributed by atoms with Crippen LogP contribution < -0.4 is 0 Å². The van der Waals surface area contributed by atoms with Crippen LogP contribution in [0.25, 0.3) is 0 Å². The van der Waals surface area contributed by atoms with Gasteiger partial charge in [0, 0.05) is 19.2 Å². The summed E-state index contributed by atoms with van der Waals surface area (Å²) < 4.78 is 10.3. The van der Waals surface area contributed by atoms with Gasteiger partial charge in [-0.05, 0) is 27.2 Å². The van der Waals surface area contributed by atoms with Crippen molar-refractivity contribution in [1.29, 1.82) is 0 Å². The lowest BCUT2D eigenvalue weighted by atomic mass is 10.2. The quantitative estimate of drug-likeness (QED) is 0.695. The second-order valence-corrected chi connectivity index (χ2v) is 4.89. The van der Waals surface area contributed by atoms with E-state index in [1.165, 1.54) is 0 Å². The Labute approximate surface area is 104 Å². The number of nitrogens with zero attached hydrogens (tertiary/aromatic N) is 1. The van der Waals surface area contributed by atoms with Crippen LogP contribution in [0.3, 0.4) is 0 Å². The zero-order valence-corrected chi connectivity index (χ0v) is 11.4. The van der Waals surface area contributed by atoms with Gasteiger partial charge in [0.15, 0.2) is 23.0 Å². The smallest absolute Gasteiger partial charge is 0.414 e. The molecule has 0 unspecified atom stereocenters. The minimum absolute atomic E-state index is 0.312. The van der Waals surface area contributed by atoms with Gasteiger partial charge in [0.05, 0.1) is 0 Å². The van der Waals surface area contributed by atoms with Gasteiger partial charge in [-0.2, -0.15) is 0 Å².